The Bertz CT molecular complexity index is 633. The Morgan fingerprint density at radius 2 is 2.00 bits per heavy atom. The maximum absolute atomic E-state index is 12.4. The summed E-state index contributed by atoms with van der Waals surface area (Å²) in [7, 11) is 0. The van der Waals surface area contributed by atoms with Crippen molar-refractivity contribution >= 4 is 17.7 Å². The van der Waals surface area contributed by atoms with Crippen molar-refractivity contribution in [3.8, 4) is 0 Å². The number of thioether (sulfide) groups is 1. The third-order valence-electron chi connectivity index (χ3n) is 4.41. The highest BCUT2D eigenvalue weighted by molar-refractivity contribution is 8.00. The Kier molecular flexibility index (Phi) is 5.39. The molecule has 1 aromatic carbocycles. The minimum Gasteiger partial charge on any atom is -0.342 e. The van der Waals surface area contributed by atoms with Gasteiger partial charge < -0.3 is 9.47 Å². The van der Waals surface area contributed by atoms with E-state index in [4.69, 9.17) is 0 Å². The van der Waals surface area contributed by atoms with Crippen LogP contribution in [0.3, 0.4) is 0 Å². The zero-order valence-electron chi connectivity index (χ0n) is 13.5. The fraction of sp³-hybridized carbons (Fsp3) is 0.444. The minimum absolute atomic E-state index is 0.246. The molecule has 1 aromatic heterocycles. The highest BCUT2D eigenvalue weighted by Gasteiger charge is 2.26. The van der Waals surface area contributed by atoms with Gasteiger partial charge in [0.2, 0.25) is 5.91 Å². The second kappa shape index (κ2) is 7.68. The Morgan fingerprint density at radius 3 is 2.70 bits per heavy atom. The Labute approximate surface area is 141 Å². The summed E-state index contributed by atoms with van der Waals surface area (Å²) in [5.41, 5.74) is 0. The van der Waals surface area contributed by atoms with E-state index in [1.165, 1.54) is 5.82 Å². The quantitative estimate of drug-likeness (QED) is 0.789. The molecule has 0 N–H and O–H groups in total. The molecule has 1 saturated heterocycles. The summed E-state index contributed by atoms with van der Waals surface area (Å²) in [6, 6.07) is 10.1. The monoisotopic (exact) mass is 329 g/mol. The van der Waals surface area contributed by atoms with Crippen molar-refractivity contribution in [2.75, 3.05) is 18.8 Å². The molecule has 2 heterocycles. The smallest absolute Gasteiger partial charge is 0.232 e. The number of likely N-dealkylation sites (tertiary alicyclic amines) is 1. The molecule has 1 aliphatic rings. The molecule has 1 fully saturated rings. The molecule has 122 valence electrons. The van der Waals surface area contributed by atoms with Crippen molar-refractivity contribution < 1.29 is 4.79 Å². The number of aromatic nitrogens is 2. The van der Waals surface area contributed by atoms with E-state index >= 15 is 0 Å². The Balaban J connectivity index is 1.49. The molecule has 4 nitrogen and oxygen atoms in total. The van der Waals surface area contributed by atoms with Crippen molar-refractivity contribution in [3.05, 3.63) is 48.5 Å². The molecule has 0 bridgehead atoms. The summed E-state index contributed by atoms with van der Waals surface area (Å²) in [4.78, 5) is 20.0. The van der Waals surface area contributed by atoms with Gasteiger partial charge in [0.05, 0.1) is 5.75 Å². The summed E-state index contributed by atoms with van der Waals surface area (Å²) in [5.74, 6) is 2.43. The average molecular weight is 329 g/mol. The van der Waals surface area contributed by atoms with Gasteiger partial charge in [0.1, 0.15) is 5.82 Å². The molecular weight excluding hydrogens is 306 g/mol. The van der Waals surface area contributed by atoms with Gasteiger partial charge in [-0.25, -0.2) is 4.98 Å². The van der Waals surface area contributed by atoms with Gasteiger partial charge in [0.25, 0.3) is 0 Å². The van der Waals surface area contributed by atoms with E-state index in [0.29, 0.717) is 11.7 Å². The van der Waals surface area contributed by atoms with Crippen LogP contribution in [0.25, 0.3) is 0 Å². The van der Waals surface area contributed by atoms with E-state index in [2.05, 4.69) is 28.6 Å². The van der Waals surface area contributed by atoms with E-state index in [9.17, 15) is 4.79 Å². The highest BCUT2D eigenvalue weighted by Crippen LogP contribution is 2.27. The van der Waals surface area contributed by atoms with Crippen LogP contribution in [-0.4, -0.2) is 39.2 Å². The summed E-state index contributed by atoms with van der Waals surface area (Å²) >= 11 is 1.62. The number of hydrogen-bond donors (Lipinski definition) is 0. The van der Waals surface area contributed by atoms with Gasteiger partial charge in [-0.15, -0.1) is 11.8 Å². The summed E-state index contributed by atoms with van der Waals surface area (Å²) in [5, 5.41) is 0. The second-order valence-electron chi connectivity index (χ2n) is 5.83. The van der Waals surface area contributed by atoms with E-state index in [-0.39, 0.29) is 5.91 Å². The number of carbonyl (C=O) groups excluding carboxylic acids is 1. The molecule has 3 rings (SSSR count). The third-order valence-corrected chi connectivity index (χ3v) is 5.40. The van der Waals surface area contributed by atoms with Gasteiger partial charge in [0, 0.05) is 42.8 Å². The number of rotatable bonds is 5. The number of aryl methyl sites for hydroxylation is 1. The maximum atomic E-state index is 12.4. The van der Waals surface area contributed by atoms with Gasteiger partial charge in [-0.3, -0.25) is 4.79 Å². The normalized spacial score (nSPS) is 15.8. The lowest BCUT2D eigenvalue weighted by Crippen LogP contribution is -2.39. The Morgan fingerprint density at radius 1 is 1.26 bits per heavy atom. The van der Waals surface area contributed by atoms with E-state index in [0.717, 1.165) is 37.4 Å². The Hall–Kier alpha value is -1.75. The third kappa shape index (κ3) is 3.96. The van der Waals surface area contributed by atoms with Crippen LogP contribution in [0.2, 0.25) is 0 Å². The fourth-order valence-electron chi connectivity index (χ4n) is 3.09. The first-order valence-corrected chi connectivity index (χ1v) is 9.23. The van der Waals surface area contributed by atoms with Crippen molar-refractivity contribution in [3.63, 3.8) is 0 Å². The number of carbonyl (C=O) groups is 1. The van der Waals surface area contributed by atoms with Crippen LogP contribution in [0.5, 0.6) is 0 Å². The predicted molar refractivity (Wildman–Crippen MR) is 93.6 cm³/mol. The largest absolute Gasteiger partial charge is 0.342 e. The van der Waals surface area contributed by atoms with Gasteiger partial charge in [-0.05, 0) is 31.9 Å². The molecule has 0 atom stereocenters. The molecule has 1 amide bonds. The number of imidazole rings is 1. The van der Waals surface area contributed by atoms with Crippen LogP contribution < -0.4 is 0 Å². The molecule has 1 aliphatic heterocycles. The van der Waals surface area contributed by atoms with Crippen molar-refractivity contribution in [2.24, 2.45) is 0 Å². The van der Waals surface area contributed by atoms with Crippen LogP contribution >= 0.6 is 11.8 Å². The van der Waals surface area contributed by atoms with Crippen LogP contribution in [0.15, 0.2) is 47.6 Å². The first kappa shape index (κ1) is 16.1. The van der Waals surface area contributed by atoms with Gasteiger partial charge in [-0.2, -0.15) is 0 Å². The molecule has 2 aromatic rings. The average Bonchev–Trinajstić information content (AvgIpc) is 3.09. The highest BCUT2D eigenvalue weighted by atomic mass is 32.2. The van der Waals surface area contributed by atoms with Crippen LogP contribution in [-0.2, 0) is 11.3 Å². The molecular formula is C18H23N3OS. The summed E-state index contributed by atoms with van der Waals surface area (Å²) in [6.45, 7) is 4.79. The first-order valence-electron chi connectivity index (χ1n) is 8.24. The SMILES string of the molecule is CCn1ccnc1C1CCN(C(=O)CSc2ccccc2)CC1. The predicted octanol–water partition coefficient (Wildman–Crippen LogP) is 3.40. The fourth-order valence-corrected chi connectivity index (χ4v) is 3.91. The van der Waals surface area contributed by atoms with Crippen LogP contribution in [0.1, 0.15) is 31.5 Å². The standard InChI is InChI=1S/C18H23N3OS/c1-2-20-13-10-19-18(20)15-8-11-21(12-9-15)17(22)14-23-16-6-4-3-5-7-16/h3-7,10,13,15H,2,8-9,11-12,14H2,1H3. The van der Waals surface area contributed by atoms with Gasteiger partial charge >= 0.3 is 0 Å². The number of piperidine rings is 1. The number of amides is 1. The molecule has 0 saturated carbocycles. The molecule has 0 radical (unpaired) electrons. The van der Waals surface area contributed by atoms with Gasteiger partial charge in [-0.1, -0.05) is 18.2 Å². The van der Waals surface area contributed by atoms with Crippen LogP contribution in [0, 0.1) is 0 Å². The van der Waals surface area contributed by atoms with E-state index in [1.807, 2.05) is 35.5 Å². The lowest BCUT2D eigenvalue weighted by molar-refractivity contribution is -0.129. The molecule has 0 spiro atoms. The summed E-state index contributed by atoms with van der Waals surface area (Å²) < 4.78 is 2.22. The van der Waals surface area contributed by atoms with Crippen molar-refractivity contribution in [1.29, 1.82) is 0 Å². The number of nitrogens with zero attached hydrogens (tertiary/aromatic N) is 3. The second-order valence-corrected chi connectivity index (χ2v) is 6.88. The van der Waals surface area contributed by atoms with Crippen molar-refractivity contribution in [1.82, 2.24) is 14.5 Å². The molecule has 5 heteroatoms. The first-order chi connectivity index (χ1) is 11.3. The molecule has 0 unspecified atom stereocenters. The lowest BCUT2D eigenvalue weighted by atomic mass is 9.96. The van der Waals surface area contributed by atoms with E-state index < -0.39 is 0 Å². The van der Waals surface area contributed by atoms with E-state index in [1.54, 1.807) is 11.8 Å². The summed E-state index contributed by atoms with van der Waals surface area (Å²) in [6.07, 6.45) is 5.95. The number of hydrogen-bond acceptors (Lipinski definition) is 3. The van der Waals surface area contributed by atoms with Crippen LogP contribution in [0.4, 0.5) is 0 Å². The lowest BCUT2D eigenvalue weighted by Gasteiger charge is -2.32. The maximum Gasteiger partial charge on any atom is 0.232 e. The molecule has 0 aliphatic carbocycles. The minimum atomic E-state index is 0.246. The number of benzene rings is 1. The topological polar surface area (TPSA) is 38.1 Å². The molecule has 23 heavy (non-hydrogen) atoms. The van der Waals surface area contributed by atoms with Crippen molar-refractivity contribution in [2.45, 2.75) is 37.1 Å². The zero-order valence-corrected chi connectivity index (χ0v) is 14.3. The zero-order chi connectivity index (χ0) is 16.1. The van der Waals surface area contributed by atoms with Gasteiger partial charge in [0.15, 0.2) is 0 Å².